The topological polar surface area (TPSA) is 38.0 Å². The van der Waals surface area contributed by atoms with Crippen LogP contribution in [0.15, 0.2) is 34.1 Å². The summed E-state index contributed by atoms with van der Waals surface area (Å²) in [4.78, 5) is 1.19. The number of benzene rings is 1. The molecule has 0 saturated heterocycles. The standard InChI is InChI=1S/C11H10BrFN2S/c12-7-3-9(16-6-7)5-15-11-2-1-8(13)4-10(11)14/h1-4,6,15H,5,14H2. The molecule has 0 fully saturated rings. The van der Waals surface area contributed by atoms with Gasteiger partial charge >= 0.3 is 0 Å². The minimum Gasteiger partial charge on any atom is -0.397 e. The fraction of sp³-hybridized carbons (Fsp3) is 0.0909. The Hall–Kier alpha value is -1.07. The number of nitrogens with two attached hydrogens (primary N) is 1. The molecule has 0 amide bonds. The fourth-order valence-corrected chi connectivity index (χ4v) is 2.71. The lowest BCUT2D eigenvalue weighted by molar-refractivity contribution is 0.628. The van der Waals surface area contributed by atoms with Crippen LogP contribution in [-0.2, 0) is 6.54 Å². The summed E-state index contributed by atoms with van der Waals surface area (Å²) in [7, 11) is 0. The van der Waals surface area contributed by atoms with Gasteiger partial charge in [0.25, 0.3) is 0 Å². The lowest BCUT2D eigenvalue weighted by Gasteiger charge is -2.07. The van der Waals surface area contributed by atoms with Crippen molar-refractivity contribution in [3.05, 3.63) is 44.8 Å². The van der Waals surface area contributed by atoms with Crippen molar-refractivity contribution in [2.75, 3.05) is 11.1 Å². The average molecular weight is 301 g/mol. The maximum absolute atomic E-state index is 12.8. The number of rotatable bonds is 3. The molecule has 0 spiro atoms. The molecule has 0 aliphatic heterocycles. The summed E-state index contributed by atoms with van der Waals surface area (Å²) < 4.78 is 13.9. The number of anilines is 2. The van der Waals surface area contributed by atoms with Crippen LogP contribution < -0.4 is 11.1 Å². The molecule has 1 aromatic heterocycles. The van der Waals surface area contributed by atoms with Crippen molar-refractivity contribution in [3.8, 4) is 0 Å². The number of thiophene rings is 1. The highest BCUT2D eigenvalue weighted by atomic mass is 79.9. The van der Waals surface area contributed by atoms with Crippen molar-refractivity contribution >= 4 is 38.6 Å². The normalized spacial score (nSPS) is 10.4. The second-order valence-corrected chi connectivity index (χ2v) is 5.23. The number of hydrogen-bond donors (Lipinski definition) is 2. The summed E-state index contributed by atoms with van der Waals surface area (Å²) in [5.74, 6) is -0.318. The van der Waals surface area contributed by atoms with E-state index < -0.39 is 0 Å². The minimum absolute atomic E-state index is 0.318. The van der Waals surface area contributed by atoms with Crippen molar-refractivity contribution in [1.29, 1.82) is 0 Å². The third kappa shape index (κ3) is 2.74. The van der Waals surface area contributed by atoms with Crippen LogP contribution >= 0.6 is 27.3 Å². The van der Waals surface area contributed by atoms with Gasteiger partial charge in [0.15, 0.2) is 0 Å². The van der Waals surface area contributed by atoms with E-state index in [1.54, 1.807) is 17.4 Å². The molecule has 2 nitrogen and oxygen atoms in total. The van der Waals surface area contributed by atoms with Gasteiger partial charge in [-0.15, -0.1) is 11.3 Å². The maximum Gasteiger partial charge on any atom is 0.125 e. The van der Waals surface area contributed by atoms with Crippen LogP contribution in [0.5, 0.6) is 0 Å². The third-order valence-electron chi connectivity index (χ3n) is 2.09. The van der Waals surface area contributed by atoms with Gasteiger partial charge in [0.05, 0.1) is 11.4 Å². The van der Waals surface area contributed by atoms with E-state index in [-0.39, 0.29) is 5.82 Å². The van der Waals surface area contributed by atoms with Crippen LogP contribution in [0.25, 0.3) is 0 Å². The predicted molar refractivity (Wildman–Crippen MR) is 70.2 cm³/mol. The van der Waals surface area contributed by atoms with E-state index in [9.17, 15) is 4.39 Å². The van der Waals surface area contributed by atoms with Crippen molar-refractivity contribution in [1.82, 2.24) is 0 Å². The predicted octanol–water partition coefficient (Wildman–Crippen LogP) is 3.84. The van der Waals surface area contributed by atoms with Gasteiger partial charge in [0.1, 0.15) is 5.82 Å². The first kappa shape index (κ1) is 11.4. The summed E-state index contributed by atoms with van der Waals surface area (Å²) >= 11 is 5.04. The summed E-state index contributed by atoms with van der Waals surface area (Å²) in [6.45, 7) is 0.687. The maximum atomic E-state index is 12.8. The molecule has 0 aliphatic carbocycles. The molecular weight excluding hydrogens is 291 g/mol. The number of halogens is 2. The zero-order valence-electron chi connectivity index (χ0n) is 8.34. The lowest BCUT2D eigenvalue weighted by Crippen LogP contribution is -2.01. The van der Waals surface area contributed by atoms with Crippen LogP contribution in [0.3, 0.4) is 0 Å². The van der Waals surface area contributed by atoms with Gasteiger partial charge in [-0.1, -0.05) is 0 Å². The first-order valence-electron chi connectivity index (χ1n) is 4.67. The van der Waals surface area contributed by atoms with E-state index in [1.165, 1.54) is 17.0 Å². The van der Waals surface area contributed by atoms with Gasteiger partial charge < -0.3 is 11.1 Å². The number of nitrogens with one attached hydrogen (secondary N) is 1. The van der Waals surface area contributed by atoms with E-state index in [1.807, 2.05) is 11.4 Å². The monoisotopic (exact) mass is 300 g/mol. The highest BCUT2D eigenvalue weighted by Gasteiger charge is 2.01. The Morgan fingerprint density at radius 2 is 2.19 bits per heavy atom. The molecule has 0 aliphatic rings. The second kappa shape index (κ2) is 4.84. The summed E-state index contributed by atoms with van der Waals surface area (Å²) in [6.07, 6.45) is 0. The largest absolute Gasteiger partial charge is 0.397 e. The quantitative estimate of drug-likeness (QED) is 0.845. The van der Waals surface area contributed by atoms with Crippen LogP contribution in [-0.4, -0.2) is 0 Å². The molecule has 0 radical (unpaired) electrons. The highest BCUT2D eigenvalue weighted by Crippen LogP contribution is 2.23. The smallest absolute Gasteiger partial charge is 0.125 e. The zero-order chi connectivity index (χ0) is 11.5. The van der Waals surface area contributed by atoms with E-state index in [4.69, 9.17) is 5.73 Å². The number of hydrogen-bond acceptors (Lipinski definition) is 3. The van der Waals surface area contributed by atoms with Crippen LogP contribution in [0.2, 0.25) is 0 Å². The van der Waals surface area contributed by atoms with Crippen molar-refractivity contribution in [3.63, 3.8) is 0 Å². The summed E-state index contributed by atoms with van der Waals surface area (Å²) in [6, 6.07) is 6.39. The van der Waals surface area contributed by atoms with Crippen LogP contribution in [0.1, 0.15) is 4.88 Å². The van der Waals surface area contributed by atoms with Gasteiger partial charge in [-0.2, -0.15) is 0 Å². The Balaban J connectivity index is 2.04. The molecule has 84 valence electrons. The first-order chi connectivity index (χ1) is 7.65. The van der Waals surface area contributed by atoms with Crippen molar-refractivity contribution in [2.24, 2.45) is 0 Å². The van der Waals surface area contributed by atoms with E-state index in [0.29, 0.717) is 12.2 Å². The summed E-state index contributed by atoms with van der Waals surface area (Å²) in [5.41, 5.74) is 6.86. The van der Waals surface area contributed by atoms with E-state index in [0.717, 1.165) is 10.2 Å². The molecule has 0 unspecified atom stereocenters. The second-order valence-electron chi connectivity index (χ2n) is 3.32. The Morgan fingerprint density at radius 1 is 1.38 bits per heavy atom. The van der Waals surface area contributed by atoms with Gasteiger partial charge in [-0.25, -0.2) is 4.39 Å². The molecule has 5 heteroatoms. The molecule has 0 atom stereocenters. The molecule has 16 heavy (non-hydrogen) atoms. The molecular formula is C11H10BrFN2S. The number of nitrogen functional groups attached to an aromatic ring is 1. The first-order valence-corrected chi connectivity index (χ1v) is 6.34. The Labute approximate surface area is 105 Å². The van der Waals surface area contributed by atoms with Gasteiger partial charge in [0.2, 0.25) is 0 Å². The van der Waals surface area contributed by atoms with Gasteiger partial charge in [-0.05, 0) is 40.2 Å². The average Bonchev–Trinajstić information content (AvgIpc) is 2.63. The Kier molecular flexibility index (Phi) is 3.46. The third-order valence-corrected chi connectivity index (χ3v) is 3.79. The zero-order valence-corrected chi connectivity index (χ0v) is 10.7. The highest BCUT2D eigenvalue weighted by molar-refractivity contribution is 9.10. The minimum atomic E-state index is -0.318. The summed E-state index contributed by atoms with van der Waals surface area (Å²) in [5, 5.41) is 5.19. The molecule has 1 heterocycles. The SMILES string of the molecule is Nc1cc(F)ccc1NCc1cc(Br)cs1. The fourth-order valence-electron chi connectivity index (χ4n) is 1.32. The van der Waals surface area contributed by atoms with Crippen molar-refractivity contribution < 1.29 is 4.39 Å². The van der Waals surface area contributed by atoms with Gasteiger partial charge in [-0.3, -0.25) is 0 Å². The molecule has 1 aromatic carbocycles. The van der Waals surface area contributed by atoms with E-state index >= 15 is 0 Å². The molecule has 0 saturated carbocycles. The molecule has 3 N–H and O–H groups in total. The lowest BCUT2D eigenvalue weighted by atomic mass is 10.2. The van der Waals surface area contributed by atoms with Gasteiger partial charge in [0, 0.05) is 21.3 Å². The van der Waals surface area contributed by atoms with Crippen molar-refractivity contribution in [2.45, 2.75) is 6.54 Å². The molecule has 2 rings (SSSR count). The van der Waals surface area contributed by atoms with E-state index in [2.05, 4.69) is 21.2 Å². The van der Waals surface area contributed by atoms with Crippen LogP contribution in [0.4, 0.5) is 15.8 Å². The molecule has 0 bridgehead atoms. The van der Waals surface area contributed by atoms with Crippen LogP contribution in [0, 0.1) is 5.82 Å². The Bertz CT molecular complexity index is 498. The molecule has 2 aromatic rings. The Morgan fingerprint density at radius 3 is 2.81 bits per heavy atom.